The van der Waals surface area contributed by atoms with Gasteiger partial charge in [0.05, 0.1) is 10.5 Å². The molecule has 29 heavy (non-hydrogen) atoms. The molecule has 6 nitrogen and oxygen atoms in total. The first-order chi connectivity index (χ1) is 13.8. The zero-order valence-corrected chi connectivity index (χ0v) is 16.0. The number of rotatable bonds is 4. The van der Waals surface area contributed by atoms with E-state index in [9.17, 15) is 20.0 Å². The Kier molecular flexibility index (Phi) is 4.34. The number of phenolic OH excluding ortho intramolecular Hbond substituents is 1. The first-order valence-electron chi connectivity index (χ1n) is 9.25. The molecule has 3 aromatic carbocycles. The van der Waals surface area contributed by atoms with Crippen molar-refractivity contribution < 1.29 is 19.6 Å². The molecule has 0 fully saturated rings. The number of phenols is 1. The maximum atomic E-state index is 12.7. The first kappa shape index (κ1) is 18.7. The highest BCUT2D eigenvalue weighted by Crippen LogP contribution is 2.48. The van der Waals surface area contributed by atoms with Crippen molar-refractivity contribution in [3.05, 3.63) is 105 Å². The van der Waals surface area contributed by atoms with E-state index in [4.69, 9.17) is 4.74 Å². The number of nitrogens with zero attached hydrogens (tertiary/aromatic N) is 1. The summed E-state index contributed by atoms with van der Waals surface area (Å²) in [7, 11) is 0. The van der Waals surface area contributed by atoms with Crippen LogP contribution in [-0.2, 0) is 10.3 Å². The number of carbonyl (C=O) groups excluding carboxylic acids is 1. The summed E-state index contributed by atoms with van der Waals surface area (Å²) < 4.78 is 5.92. The van der Waals surface area contributed by atoms with Crippen molar-refractivity contribution in [3.63, 3.8) is 0 Å². The fourth-order valence-corrected chi connectivity index (χ4v) is 3.92. The van der Waals surface area contributed by atoms with Gasteiger partial charge in [0, 0.05) is 28.3 Å². The van der Waals surface area contributed by atoms with Crippen molar-refractivity contribution in [1.29, 1.82) is 0 Å². The van der Waals surface area contributed by atoms with Gasteiger partial charge < -0.3 is 9.84 Å². The third-order valence-corrected chi connectivity index (χ3v) is 5.30. The maximum absolute atomic E-state index is 12.7. The van der Waals surface area contributed by atoms with E-state index in [0.717, 1.165) is 0 Å². The molecule has 0 spiro atoms. The number of benzene rings is 3. The Morgan fingerprint density at radius 2 is 1.66 bits per heavy atom. The molecular formula is C23H19NO5. The van der Waals surface area contributed by atoms with Gasteiger partial charge in [0.15, 0.2) is 5.60 Å². The fraction of sp³-hybridized carbons (Fsp3) is 0.174. The van der Waals surface area contributed by atoms with Crippen LogP contribution in [0.4, 0.5) is 5.69 Å². The molecule has 146 valence electrons. The minimum atomic E-state index is -1.33. The zero-order valence-electron chi connectivity index (χ0n) is 16.0. The number of fused-ring (bicyclic) bond motifs is 1. The average Bonchev–Trinajstić information content (AvgIpc) is 3.02. The first-order valence-corrected chi connectivity index (χ1v) is 9.25. The van der Waals surface area contributed by atoms with Crippen molar-refractivity contribution in [1.82, 2.24) is 0 Å². The summed E-state index contributed by atoms with van der Waals surface area (Å²) in [6.45, 7) is 3.78. The van der Waals surface area contributed by atoms with Gasteiger partial charge in [-0.25, -0.2) is 4.79 Å². The molecule has 6 heteroatoms. The summed E-state index contributed by atoms with van der Waals surface area (Å²) in [6.07, 6.45) is 0. The zero-order chi connectivity index (χ0) is 20.8. The van der Waals surface area contributed by atoms with Gasteiger partial charge in [-0.05, 0) is 24.1 Å². The predicted octanol–water partition coefficient (Wildman–Crippen LogP) is 4.89. The highest BCUT2D eigenvalue weighted by molar-refractivity contribution is 5.96. The summed E-state index contributed by atoms with van der Waals surface area (Å²) in [6, 6.07) is 18.3. The second-order valence-electron chi connectivity index (χ2n) is 7.35. The highest BCUT2D eigenvalue weighted by Gasteiger charge is 2.49. The Morgan fingerprint density at radius 1 is 1.00 bits per heavy atom. The largest absolute Gasteiger partial charge is 0.508 e. The minimum absolute atomic E-state index is 0.0175. The van der Waals surface area contributed by atoms with Crippen LogP contribution in [0.3, 0.4) is 0 Å². The summed E-state index contributed by atoms with van der Waals surface area (Å²) in [5.41, 5.74) is 1.37. The molecule has 0 saturated carbocycles. The van der Waals surface area contributed by atoms with Gasteiger partial charge in [-0.2, -0.15) is 0 Å². The monoisotopic (exact) mass is 389 g/mol. The molecule has 1 heterocycles. The van der Waals surface area contributed by atoms with E-state index in [1.165, 1.54) is 18.2 Å². The van der Waals surface area contributed by atoms with E-state index in [1.807, 2.05) is 13.8 Å². The lowest BCUT2D eigenvalue weighted by Gasteiger charge is -2.30. The molecule has 1 aliphatic heterocycles. The third-order valence-electron chi connectivity index (χ3n) is 5.30. The standard InChI is InChI=1S/C23H19NO5/c1-14(2)18-12-9-16(13-21(18)24(27)28)23(15-7-10-17(25)11-8-15)20-6-4-3-5-19(20)22(26)29-23/h3-14,25H,1-2H3. The molecule has 4 rings (SSSR count). The smallest absolute Gasteiger partial charge is 0.340 e. The lowest BCUT2D eigenvalue weighted by molar-refractivity contribution is -0.385. The van der Waals surface area contributed by atoms with Crippen LogP contribution < -0.4 is 0 Å². The van der Waals surface area contributed by atoms with Crippen molar-refractivity contribution in [2.75, 3.05) is 0 Å². The van der Waals surface area contributed by atoms with Gasteiger partial charge in [0.2, 0.25) is 0 Å². The summed E-state index contributed by atoms with van der Waals surface area (Å²) in [5.74, 6) is -0.459. The van der Waals surface area contributed by atoms with Crippen molar-refractivity contribution in [2.24, 2.45) is 0 Å². The van der Waals surface area contributed by atoms with E-state index < -0.39 is 16.5 Å². The number of aromatic hydroxyl groups is 1. The van der Waals surface area contributed by atoms with Crippen LogP contribution in [0.2, 0.25) is 0 Å². The van der Waals surface area contributed by atoms with Gasteiger partial charge in [-0.3, -0.25) is 10.1 Å². The molecule has 3 aromatic rings. The van der Waals surface area contributed by atoms with Crippen LogP contribution in [-0.4, -0.2) is 16.0 Å². The summed E-state index contributed by atoms with van der Waals surface area (Å²) >= 11 is 0. The van der Waals surface area contributed by atoms with E-state index in [2.05, 4.69) is 0 Å². The minimum Gasteiger partial charge on any atom is -0.508 e. The highest BCUT2D eigenvalue weighted by atomic mass is 16.6. The Balaban J connectivity index is 2.04. The number of hydrogen-bond donors (Lipinski definition) is 1. The number of cyclic esters (lactones) is 1. The molecule has 1 atom stereocenters. The fourth-order valence-electron chi connectivity index (χ4n) is 3.92. The van der Waals surface area contributed by atoms with Gasteiger partial charge in [-0.1, -0.05) is 56.3 Å². The third kappa shape index (κ3) is 2.84. The molecular weight excluding hydrogens is 370 g/mol. The number of hydrogen-bond acceptors (Lipinski definition) is 5. The normalized spacial score (nSPS) is 17.8. The van der Waals surface area contributed by atoms with E-state index >= 15 is 0 Å². The van der Waals surface area contributed by atoms with Crippen LogP contribution >= 0.6 is 0 Å². The van der Waals surface area contributed by atoms with Crippen molar-refractivity contribution in [2.45, 2.75) is 25.4 Å². The molecule has 1 aliphatic rings. The Hall–Kier alpha value is -3.67. The van der Waals surface area contributed by atoms with E-state index in [1.54, 1.807) is 48.5 Å². The number of carbonyl (C=O) groups is 1. The topological polar surface area (TPSA) is 89.7 Å². The quantitative estimate of drug-likeness (QED) is 0.390. The summed E-state index contributed by atoms with van der Waals surface area (Å²) in [5, 5.41) is 21.5. The molecule has 0 saturated heterocycles. The van der Waals surface area contributed by atoms with Crippen molar-refractivity contribution >= 4 is 11.7 Å². The molecule has 0 aromatic heterocycles. The van der Waals surface area contributed by atoms with Crippen LogP contribution in [0.15, 0.2) is 66.7 Å². The average molecular weight is 389 g/mol. The van der Waals surface area contributed by atoms with Gasteiger partial charge >= 0.3 is 5.97 Å². The Morgan fingerprint density at radius 3 is 2.31 bits per heavy atom. The maximum Gasteiger partial charge on any atom is 0.340 e. The predicted molar refractivity (Wildman–Crippen MR) is 107 cm³/mol. The lowest BCUT2D eigenvalue weighted by Crippen LogP contribution is -2.29. The number of esters is 1. The lowest BCUT2D eigenvalue weighted by atomic mass is 9.79. The number of ether oxygens (including phenoxy) is 1. The second-order valence-corrected chi connectivity index (χ2v) is 7.35. The van der Waals surface area contributed by atoms with Crippen LogP contribution in [0.5, 0.6) is 5.75 Å². The Bertz CT molecular complexity index is 1120. The molecule has 0 bridgehead atoms. The SMILES string of the molecule is CC(C)c1ccc(C2(c3ccc(O)cc3)OC(=O)c3ccccc32)cc1[N+](=O)[O-]. The van der Waals surface area contributed by atoms with Crippen LogP contribution in [0.25, 0.3) is 0 Å². The Labute approximate surface area is 167 Å². The van der Waals surface area contributed by atoms with Gasteiger partial charge in [-0.15, -0.1) is 0 Å². The van der Waals surface area contributed by atoms with E-state index in [0.29, 0.717) is 27.8 Å². The summed E-state index contributed by atoms with van der Waals surface area (Å²) in [4.78, 5) is 24.0. The second kappa shape index (κ2) is 6.74. The van der Waals surface area contributed by atoms with Gasteiger partial charge in [0.1, 0.15) is 5.75 Å². The van der Waals surface area contributed by atoms with Crippen LogP contribution in [0, 0.1) is 10.1 Å². The molecule has 0 radical (unpaired) electrons. The van der Waals surface area contributed by atoms with Gasteiger partial charge in [0.25, 0.3) is 5.69 Å². The molecule has 0 amide bonds. The van der Waals surface area contributed by atoms with Crippen molar-refractivity contribution in [3.8, 4) is 5.75 Å². The molecule has 1 unspecified atom stereocenters. The van der Waals surface area contributed by atoms with E-state index in [-0.39, 0.29) is 17.4 Å². The number of nitro groups is 1. The molecule has 0 aliphatic carbocycles. The van der Waals surface area contributed by atoms with Crippen LogP contribution in [0.1, 0.15) is 52.4 Å². The number of nitro benzene ring substituents is 1. The molecule has 1 N–H and O–H groups in total.